The number of methoxy groups -OCH3 is 2. The Morgan fingerprint density at radius 2 is 1.81 bits per heavy atom. The maximum absolute atomic E-state index is 13.1. The Morgan fingerprint density at radius 1 is 1.06 bits per heavy atom. The zero-order valence-corrected chi connectivity index (χ0v) is 18.3. The lowest BCUT2D eigenvalue weighted by Crippen LogP contribution is -2.30. The van der Waals surface area contributed by atoms with E-state index in [4.69, 9.17) is 25.5 Å². The Labute approximate surface area is 189 Å². The number of amides is 1. The largest absolute Gasteiger partial charge is 0.507 e. The van der Waals surface area contributed by atoms with Gasteiger partial charge in [0.2, 0.25) is 0 Å². The first kappa shape index (κ1) is 21.5. The van der Waals surface area contributed by atoms with E-state index in [9.17, 15) is 14.7 Å². The molecule has 0 spiro atoms. The van der Waals surface area contributed by atoms with Gasteiger partial charge in [-0.3, -0.25) is 14.5 Å². The summed E-state index contributed by atoms with van der Waals surface area (Å²) < 4.78 is 16.1. The molecule has 1 fully saturated rings. The van der Waals surface area contributed by atoms with Gasteiger partial charge in [-0.1, -0.05) is 17.7 Å². The summed E-state index contributed by atoms with van der Waals surface area (Å²) in [7, 11) is 2.96. The fraction of sp³-hybridized carbons (Fsp3) is 0.167. The standard InChI is InChI=1S/C24H20ClNO6/c1-13-15(25)6-4-7-16(13)26-21(18-8-5-11-32-18)20(23(28)24(26)29)22(27)14-9-10-17(30-2)19(12-14)31-3/h4-12,21,27H,1-3H3/b22-20-. The van der Waals surface area contributed by atoms with Crippen molar-refractivity contribution in [2.24, 2.45) is 0 Å². The second-order valence-electron chi connectivity index (χ2n) is 7.14. The number of furan rings is 1. The number of anilines is 1. The number of ketones is 1. The van der Waals surface area contributed by atoms with E-state index in [-0.39, 0.29) is 11.3 Å². The minimum absolute atomic E-state index is 0.100. The number of Topliss-reactive ketones (excluding diaryl/α,β-unsaturated/α-hetero) is 1. The van der Waals surface area contributed by atoms with Crippen molar-refractivity contribution in [3.05, 3.63) is 82.3 Å². The Hall–Kier alpha value is -3.71. The number of rotatable bonds is 5. The molecule has 2 heterocycles. The molecule has 1 aliphatic rings. The number of nitrogens with zero attached hydrogens (tertiary/aromatic N) is 1. The highest BCUT2D eigenvalue weighted by Gasteiger charge is 2.48. The van der Waals surface area contributed by atoms with Gasteiger partial charge in [-0.05, 0) is 55.0 Å². The lowest BCUT2D eigenvalue weighted by Gasteiger charge is -2.25. The predicted molar refractivity (Wildman–Crippen MR) is 119 cm³/mol. The van der Waals surface area contributed by atoms with Gasteiger partial charge in [-0.2, -0.15) is 0 Å². The van der Waals surface area contributed by atoms with Crippen molar-refractivity contribution in [2.75, 3.05) is 19.1 Å². The van der Waals surface area contributed by atoms with Crippen LogP contribution in [0, 0.1) is 6.92 Å². The highest BCUT2D eigenvalue weighted by Crippen LogP contribution is 2.44. The maximum Gasteiger partial charge on any atom is 0.300 e. The van der Waals surface area contributed by atoms with Crippen LogP contribution in [0.1, 0.15) is 22.9 Å². The van der Waals surface area contributed by atoms with Crippen LogP contribution in [0.4, 0.5) is 5.69 Å². The number of hydrogen-bond donors (Lipinski definition) is 1. The van der Waals surface area contributed by atoms with E-state index in [0.29, 0.717) is 39.1 Å². The van der Waals surface area contributed by atoms with E-state index in [1.807, 2.05) is 0 Å². The van der Waals surface area contributed by atoms with Gasteiger partial charge in [0.05, 0.1) is 26.1 Å². The predicted octanol–water partition coefficient (Wildman–Crippen LogP) is 4.88. The van der Waals surface area contributed by atoms with Crippen LogP contribution in [-0.2, 0) is 9.59 Å². The van der Waals surface area contributed by atoms with Crippen LogP contribution < -0.4 is 14.4 Å². The Bertz CT molecular complexity index is 1230. The number of ether oxygens (including phenoxy) is 2. The summed E-state index contributed by atoms with van der Waals surface area (Å²) >= 11 is 6.27. The molecule has 7 nitrogen and oxygen atoms in total. The number of halogens is 1. The van der Waals surface area contributed by atoms with Crippen LogP contribution in [-0.4, -0.2) is 31.0 Å². The highest BCUT2D eigenvalue weighted by molar-refractivity contribution is 6.52. The van der Waals surface area contributed by atoms with Gasteiger partial charge in [-0.25, -0.2) is 0 Å². The minimum atomic E-state index is -0.977. The van der Waals surface area contributed by atoms with Gasteiger partial charge < -0.3 is 19.0 Å². The monoisotopic (exact) mass is 453 g/mol. The first-order valence-corrected chi connectivity index (χ1v) is 10.1. The van der Waals surface area contributed by atoms with Crippen molar-refractivity contribution < 1.29 is 28.6 Å². The SMILES string of the molecule is COc1ccc(/C(O)=C2/C(=O)C(=O)N(c3cccc(Cl)c3C)C2c2ccco2)cc1OC. The number of aliphatic hydroxyl groups is 1. The van der Waals surface area contributed by atoms with Crippen LogP contribution in [0.3, 0.4) is 0 Å². The summed E-state index contributed by atoms with van der Waals surface area (Å²) in [6.45, 7) is 1.75. The molecule has 1 N–H and O–H groups in total. The zero-order valence-electron chi connectivity index (χ0n) is 17.6. The third-order valence-corrected chi connectivity index (χ3v) is 5.82. The quantitative estimate of drug-likeness (QED) is 0.336. The molecule has 3 aromatic rings. The van der Waals surface area contributed by atoms with Crippen molar-refractivity contribution in [3.8, 4) is 11.5 Å². The van der Waals surface area contributed by atoms with Gasteiger partial charge >= 0.3 is 0 Å². The molecular weight excluding hydrogens is 434 g/mol. The number of carbonyl (C=O) groups is 2. The maximum atomic E-state index is 13.1. The molecule has 1 aliphatic heterocycles. The van der Waals surface area contributed by atoms with E-state index in [1.54, 1.807) is 49.4 Å². The molecule has 1 aromatic heterocycles. The second kappa shape index (κ2) is 8.43. The number of benzene rings is 2. The average Bonchev–Trinajstić information content (AvgIpc) is 3.42. The molecule has 4 rings (SSSR count). The van der Waals surface area contributed by atoms with Crippen LogP contribution in [0.25, 0.3) is 5.76 Å². The van der Waals surface area contributed by atoms with Crippen molar-refractivity contribution in [3.63, 3.8) is 0 Å². The first-order chi connectivity index (χ1) is 15.4. The van der Waals surface area contributed by atoms with Crippen LogP contribution in [0.2, 0.25) is 5.02 Å². The summed E-state index contributed by atoms with van der Waals surface area (Å²) in [5.74, 6) is -0.831. The highest BCUT2D eigenvalue weighted by atomic mass is 35.5. The molecule has 1 amide bonds. The molecule has 8 heteroatoms. The van der Waals surface area contributed by atoms with Gasteiger partial charge in [0.15, 0.2) is 11.5 Å². The van der Waals surface area contributed by atoms with Gasteiger partial charge in [-0.15, -0.1) is 0 Å². The van der Waals surface area contributed by atoms with E-state index < -0.39 is 17.7 Å². The zero-order chi connectivity index (χ0) is 23.0. The van der Waals surface area contributed by atoms with Crippen molar-refractivity contribution >= 4 is 34.7 Å². The van der Waals surface area contributed by atoms with E-state index in [2.05, 4.69) is 0 Å². The number of aliphatic hydroxyl groups excluding tert-OH is 1. The molecule has 164 valence electrons. The molecule has 0 saturated carbocycles. The molecular formula is C24H20ClNO6. The molecule has 1 unspecified atom stereocenters. The first-order valence-electron chi connectivity index (χ1n) is 9.71. The molecule has 1 saturated heterocycles. The minimum Gasteiger partial charge on any atom is -0.507 e. The normalized spacial score (nSPS) is 17.6. The Morgan fingerprint density at radius 3 is 2.47 bits per heavy atom. The molecule has 0 radical (unpaired) electrons. The van der Waals surface area contributed by atoms with Crippen LogP contribution >= 0.6 is 11.6 Å². The Kier molecular flexibility index (Phi) is 5.67. The summed E-state index contributed by atoms with van der Waals surface area (Å²) in [5.41, 5.74) is 1.27. The fourth-order valence-corrected chi connectivity index (χ4v) is 3.96. The number of carbonyl (C=O) groups excluding carboxylic acids is 2. The van der Waals surface area contributed by atoms with Crippen molar-refractivity contribution in [2.45, 2.75) is 13.0 Å². The summed E-state index contributed by atoms with van der Waals surface area (Å²) in [4.78, 5) is 27.6. The van der Waals surface area contributed by atoms with Crippen molar-refractivity contribution in [1.82, 2.24) is 0 Å². The third kappa shape index (κ3) is 3.40. The molecule has 0 bridgehead atoms. The molecule has 32 heavy (non-hydrogen) atoms. The summed E-state index contributed by atoms with van der Waals surface area (Å²) in [5, 5.41) is 11.6. The smallest absolute Gasteiger partial charge is 0.300 e. The average molecular weight is 454 g/mol. The summed E-state index contributed by atoms with van der Waals surface area (Å²) in [6, 6.07) is 12.1. The van der Waals surface area contributed by atoms with Crippen LogP contribution in [0.5, 0.6) is 11.5 Å². The van der Waals surface area contributed by atoms with Crippen LogP contribution in [0.15, 0.2) is 64.8 Å². The number of hydrogen-bond acceptors (Lipinski definition) is 6. The van der Waals surface area contributed by atoms with Gasteiger partial charge in [0, 0.05) is 16.3 Å². The van der Waals surface area contributed by atoms with Crippen molar-refractivity contribution in [1.29, 1.82) is 0 Å². The summed E-state index contributed by atoms with van der Waals surface area (Å²) in [6.07, 6.45) is 1.44. The fourth-order valence-electron chi connectivity index (χ4n) is 3.79. The topological polar surface area (TPSA) is 89.2 Å². The van der Waals surface area contributed by atoms with Gasteiger partial charge in [0.1, 0.15) is 17.6 Å². The lowest BCUT2D eigenvalue weighted by atomic mass is 9.98. The third-order valence-electron chi connectivity index (χ3n) is 5.41. The van der Waals surface area contributed by atoms with E-state index >= 15 is 0 Å². The van der Waals surface area contributed by atoms with Gasteiger partial charge in [0.25, 0.3) is 11.7 Å². The lowest BCUT2D eigenvalue weighted by molar-refractivity contribution is -0.132. The molecule has 0 aliphatic carbocycles. The molecule has 2 aromatic carbocycles. The van der Waals surface area contributed by atoms with E-state index in [1.165, 1.54) is 31.4 Å². The Balaban J connectivity index is 1.94. The molecule has 1 atom stereocenters. The second-order valence-corrected chi connectivity index (χ2v) is 7.55. The van der Waals surface area contributed by atoms with E-state index in [0.717, 1.165) is 0 Å².